The summed E-state index contributed by atoms with van der Waals surface area (Å²) in [5.74, 6) is -0.470. The molecule has 3 unspecified atom stereocenters. The van der Waals surface area contributed by atoms with E-state index in [0.29, 0.717) is 19.3 Å². The van der Waals surface area contributed by atoms with E-state index in [9.17, 15) is 19.8 Å². The van der Waals surface area contributed by atoms with Crippen LogP contribution in [0, 0.1) is 0 Å². The highest BCUT2D eigenvalue weighted by Gasteiger charge is 2.24. The van der Waals surface area contributed by atoms with Crippen molar-refractivity contribution < 1.29 is 24.5 Å². The van der Waals surface area contributed by atoms with Crippen LogP contribution < -0.4 is 5.32 Å². The number of hydrogen-bond acceptors (Lipinski definition) is 5. The van der Waals surface area contributed by atoms with E-state index in [1.165, 1.54) is 167 Å². The van der Waals surface area contributed by atoms with Gasteiger partial charge in [0, 0.05) is 6.42 Å². The van der Waals surface area contributed by atoms with E-state index in [1.807, 2.05) is 0 Å². The second-order valence-corrected chi connectivity index (χ2v) is 17.6. The van der Waals surface area contributed by atoms with Gasteiger partial charge >= 0.3 is 5.97 Å². The van der Waals surface area contributed by atoms with Crippen LogP contribution in [-0.4, -0.2) is 46.9 Å². The molecule has 3 N–H and O–H groups in total. The lowest BCUT2D eigenvalue weighted by Gasteiger charge is -2.24. The average Bonchev–Trinajstić information content (AvgIpc) is 3.22. The monoisotopic (exact) mass is 818 g/mol. The number of ether oxygens (including phenoxy) is 1. The summed E-state index contributed by atoms with van der Waals surface area (Å²) in [6, 6.07) is -0.696. The lowest BCUT2D eigenvalue weighted by Crippen LogP contribution is -2.46. The number of aliphatic hydroxyl groups is 2. The molecule has 0 aromatic heterocycles. The van der Waals surface area contributed by atoms with Gasteiger partial charge in [-0.1, -0.05) is 225 Å². The van der Waals surface area contributed by atoms with Crippen LogP contribution in [0.1, 0.15) is 271 Å². The number of aliphatic hydroxyl groups excluding tert-OH is 2. The Morgan fingerprint density at radius 2 is 0.879 bits per heavy atom. The minimum Gasteiger partial charge on any atom is -0.462 e. The number of carbonyl (C=O) groups is 2. The Hall–Kier alpha value is -1.66. The smallest absolute Gasteiger partial charge is 0.306 e. The number of amides is 1. The fourth-order valence-corrected chi connectivity index (χ4v) is 7.87. The summed E-state index contributed by atoms with van der Waals surface area (Å²) >= 11 is 0. The zero-order valence-corrected chi connectivity index (χ0v) is 38.9. The number of allylic oxidation sites excluding steroid dienone is 4. The highest BCUT2D eigenvalue weighted by atomic mass is 16.5. The van der Waals surface area contributed by atoms with E-state index >= 15 is 0 Å². The third kappa shape index (κ3) is 41.1. The van der Waals surface area contributed by atoms with Crippen molar-refractivity contribution >= 4 is 11.9 Å². The maximum absolute atomic E-state index is 13.2. The molecule has 0 aliphatic rings. The van der Waals surface area contributed by atoms with Crippen LogP contribution >= 0.6 is 0 Å². The summed E-state index contributed by atoms with van der Waals surface area (Å²) in [6.07, 6.45) is 52.3. The third-order valence-electron chi connectivity index (χ3n) is 11.8. The van der Waals surface area contributed by atoms with Crippen molar-refractivity contribution in [3.8, 4) is 0 Å². The fourth-order valence-electron chi connectivity index (χ4n) is 7.87. The van der Waals surface area contributed by atoms with Crippen molar-refractivity contribution in [2.75, 3.05) is 6.61 Å². The molecule has 0 radical (unpaired) electrons. The molecule has 58 heavy (non-hydrogen) atoms. The van der Waals surface area contributed by atoms with E-state index in [1.54, 1.807) is 0 Å². The van der Waals surface area contributed by atoms with E-state index < -0.39 is 18.2 Å². The van der Waals surface area contributed by atoms with Gasteiger partial charge in [-0.05, 0) is 57.8 Å². The molecule has 342 valence electrons. The molecule has 0 saturated carbocycles. The summed E-state index contributed by atoms with van der Waals surface area (Å²) in [4.78, 5) is 26.1. The standard InChI is InChI=1S/C52H99NO5/c1-4-7-10-13-16-19-22-24-25-26-27-28-30-33-36-39-42-45-52(57)58-48(43-40-37-34-31-29-23-20-17-14-11-8-5-2)46-51(56)53-49(47-54)50(55)44-41-38-35-32-21-18-15-12-9-6-3/h16,19,24-25,48-50,54-55H,4-15,17-18,20-23,26-47H2,1-3H3,(H,53,56)/b19-16-,25-24-. The number of unbranched alkanes of at least 4 members (excludes halogenated alkanes) is 30. The Morgan fingerprint density at radius 3 is 1.34 bits per heavy atom. The lowest BCUT2D eigenvalue weighted by atomic mass is 10.0. The van der Waals surface area contributed by atoms with E-state index in [4.69, 9.17) is 4.74 Å². The molecule has 1 amide bonds. The van der Waals surface area contributed by atoms with Crippen LogP contribution in [0.2, 0.25) is 0 Å². The molecule has 0 aromatic rings. The van der Waals surface area contributed by atoms with Crippen LogP contribution in [0.5, 0.6) is 0 Å². The molecular weight excluding hydrogens is 719 g/mol. The minimum absolute atomic E-state index is 0.0795. The number of nitrogens with one attached hydrogen (secondary N) is 1. The zero-order chi connectivity index (χ0) is 42.4. The maximum atomic E-state index is 13.2. The Labute approximate surface area is 361 Å². The molecule has 0 saturated heterocycles. The van der Waals surface area contributed by atoms with Gasteiger partial charge < -0.3 is 20.3 Å². The van der Waals surface area contributed by atoms with Gasteiger partial charge in [0.15, 0.2) is 0 Å². The summed E-state index contributed by atoms with van der Waals surface area (Å²) in [5.41, 5.74) is 0. The Morgan fingerprint density at radius 1 is 0.500 bits per heavy atom. The van der Waals surface area contributed by atoms with E-state index in [2.05, 4.69) is 50.4 Å². The molecule has 0 bridgehead atoms. The first kappa shape index (κ1) is 56.3. The number of carbonyl (C=O) groups excluding carboxylic acids is 2. The van der Waals surface area contributed by atoms with Gasteiger partial charge in [-0.15, -0.1) is 0 Å². The molecule has 0 heterocycles. The van der Waals surface area contributed by atoms with Crippen LogP contribution in [0.25, 0.3) is 0 Å². The Bertz CT molecular complexity index is 919. The molecule has 0 fully saturated rings. The van der Waals surface area contributed by atoms with Crippen LogP contribution in [0.3, 0.4) is 0 Å². The molecule has 0 aliphatic carbocycles. The number of rotatable bonds is 46. The summed E-state index contributed by atoms with van der Waals surface area (Å²) in [6.45, 7) is 6.46. The zero-order valence-electron chi connectivity index (χ0n) is 38.9. The van der Waals surface area contributed by atoms with Gasteiger partial charge in [0.2, 0.25) is 5.91 Å². The van der Waals surface area contributed by atoms with Gasteiger partial charge in [-0.25, -0.2) is 0 Å². The molecule has 0 rings (SSSR count). The highest BCUT2D eigenvalue weighted by Crippen LogP contribution is 2.18. The molecule has 0 aliphatic heterocycles. The first-order valence-corrected chi connectivity index (χ1v) is 25.6. The average molecular weight is 818 g/mol. The van der Waals surface area contributed by atoms with Crippen molar-refractivity contribution in [2.45, 2.75) is 289 Å². The second-order valence-electron chi connectivity index (χ2n) is 17.6. The van der Waals surface area contributed by atoms with Crippen LogP contribution in [-0.2, 0) is 14.3 Å². The predicted octanol–water partition coefficient (Wildman–Crippen LogP) is 15.1. The topological polar surface area (TPSA) is 95.9 Å². The molecule has 6 nitrogen and oxygen atoms in total. The summed E-state index contributed by atoms with van der Waals surface area (Å²) in [5, 5.41) is 23.7. The van der Waals surface area contributed by atoms with Gasteiger partial charge in [0.05, 0.1) is 25.2 Å². The van der Waals surface area contributed by atoms with Crippen molar-refractivity contribution in [3.63, 3.8) is 0 Å². The second kappa shape index (κ2) is 46.4. The Balaban J connectivity index is 4.52. The highest BCUT2D eigenvalue weighted by molar-refractivity contribution is 5.77. The van der Waals surface area contributed by atoms with Gasteiger partial charge in [-0.2, -0.15) is 0 Å². The van der Waals surface area contributed by atoms with Crippen LogP contribution in [0.15, 0.2) is 24.3 Å². The largest absolute Gasteiger partial charge is 0.462 e. The van der Waals surface area contributed by atoms with Gasteiger partial charge in [0.25, 0.3) is 0 Å². The first-order valence-electron chi connectivity index (χ1n) is 25.6. The quantitative estimate of drug-likeness (QED) is 0.0323. The van der Waals surface area contributed by atoms with Crippen molar-refractivity contribution in [3.05, 3.63) is 24.3 Å². The number of hydrogen-bond donors (Lipinski definition) is 3. The van der Waals surface area contributed by atoms with E-state index in [-0.39, 0.29) is 24.9 Å². The molecule has 3 atom stereocenters. The molecule has 0 aromatic carbocycles. The number of esters is 1. The third-order valence-corrected chi connectivity index (χ3v) is 11.8. The summed E-state index contributed by atoms with van der Waals surface area (Å²) in [7, 11) is 0. The molecular formula is C52H99NO5. The van der Waals surface area contributed by atoms with Crippen LogP contribution in [0.4, 0.5) is 0 Å². The fraction of sp³-hybridized carbons (Fsp3) is 0.885. The predicted molar refractivity (Wildman–Crippen MR) is 250 cm³/mol. The molecule has 6 heteroatoms. The summed E-state index contributed by atoms with van der Waals surface area (Å²) < 4.78 is 5.93. The van der Waals surface area contributed by atoms with Crippen molar-refractivity contribution in [1.29, 1.82) is 0 Å². The van der Waals surface area contributed by atoms with E-state index in [0.717, 1.165) is 57.8 Å². The van der Waals surface area contributed by atoms with Crippen molar-refractivity contribution in [1.82, 2.24) is 5.32 Å². The first-order chi connectivity index (χ1) is 28.5. The SMILES string of the molecule is CCCCC/C=C\C/C=C\CCCCCCCCCC(=O)OC(CCCCCCCCCCCCCC)CC(=O)NC(CO)C(O)CCCCCCCCCCCC. The molecule has 0 spiro atoms. The lowest BCUT2D eigenvalue weighted by molar-refractivity contribution is -0.151. The van der Waals surface area contributed by atoms with Gasteiger partial charge in [0.1, 0.15) is 6.10 Å². The Kier molecular flexibility index (Phi) is 45.1. The normalized spacial score (nSPS) is 13.4. The van der Waals surface area contributed by atoms with Crippen molar-refractivity contribution in [2.24, 2.45) is 0 Å². The maximum Gasteiger partial charge on any atom is 0.306 e. The minimum atomic E-state index is -0.783. The van der Waals surface area contributed by atoms with Gasteiger partial charge in [-0.3, -0.25) is 9.59 Å².